The van der Waals surface area contributed by atoms with Crippen molar-refractivity contribution in [3.8, 4) is 0 Å². The molecule has 0 bridgehead atoms. The Morgan fingerprint density at radius 2 is 1.41 bits per heavy atom. The van der Waals surface area contributed by atoms with Crippen molar-refractivity contribution in [2.24, 2.45) is 11.8 Å². The number of nitrogens with one attached hydrogen (secondary N) is 3. The lowest BCUT2D eigenvalue weighted by molar-refractivity contribution is -0.138. The largest absolute Gasteiger partial charge is 0.416 e. The number of halogens is 5. The molecule has 0 spiro atoms. The average Bonchev–Trinajstić information content (AvgIpc) is 3.22. The molecule has 4 heterocycles. The second-order valence-electron chi connectivity index (χ2n) is 16.6. The summed E-state index contributed by atoms with van der Waals surface area (Å²) in [5, 5.41) is 10.5. The minimum absolute atomic E-state index is 0.0189. The van der Waals surface area contributed by atoms with E-state index in [1.807, 2.05) is 75.7 Å². The number of likely N-dealkylation sites (N-methyl/N-ethyl adjacent to an activating group) is 1. The molecule has 0 amide bonds. The first kappa shape index (κ1) is 43.1. The van der Waals surface area contributed by atoms with Crippen LogP contribution < -0.4 is 16.0 Å². The lowest BCUT2D eigenvalue weighted by Crippen LogP contribution is -2.41. The minimum atomic E-state index is -4.41. The molecule has 8 rings (SSSR count). The van der Waals surface area contributed by atoms with Crippen molar-refractivity contribution in [1.82, 2.24) is 10.2 Å². The van der Waals surface area contributed by atoms with Crippen molar-refractivity contribution in [2.45, 2.75) is 94.0 Å². The standard InChI is InChI=1S/C27H33F3N2O2.C20H22ClFN2O/c1-32(2)16-6-9-20(33)11-12-21-13-14-22-25(18-7-4-3-5-8-18)31-24-15-10-19(27(28,29)30)17-23(24)26(22)34-21;1-23-11-14-7-8-15-18(12-5-3-2-4-6-12)24-19-16(20(15)25-14)9-13(21)10-17(19)22/h3-5,7-8,10,15,17,21-22,25-26,31H,6,9,11-14,16H2,1-2H3;2-6,9-10,14-15,18,20,23-24H,7-8,11H2,1H3/t21-,22-,25-,26-;14-,15+,18+,20+/m01/s1. The number of alkyl halides is 3. The summed E-state index contributed by atoms with van der Waals surface area (Å²) in [6.07, 6.45) is 1.09. The molecule has 4 aliphatic heterocycles. The maximum absolute atomic E-state index is 14.6. The summed E-state index contributed by atoms with van der Waals surface area (Å²) < 4.78 is 67.8. The topological polar surface area (TPSA) is 74.9 Å². The molecule has 12 heteroatoms. The summed E-state index contributed by atoms with van der Waals surface area (Å²) in [4.78, 5) is 14.4. The molecule has 2 fully saturated rings. The van der Waals surface area contributed by atoms with E-state index in [9.17, 15) is 22.4 Å². The monoisotopic (exact) mass is 834 g/mol. The zero-order valence-electron chi connectivity index (χ0n) is 33.9. The number of hydrogen-bond donors (Lipinski definition) is 3. The number of ketones is 1. The molecule has 2 saturated heterocycles. The highest BCUT2D eigenvalue weighted by Crippen LogP contribution is 2.53. The first-order valence-electron chi connectivity index (χ1n) is 20.8. The fraction of sp³-hybridized carbons (Fsp3) is 0.468. The van der Waals surface area contributed by atoms with Gasteiger partial charge in [-0.15, -0.1) is 0 Å². The third kappa shape index (κ3) is 10.3. The number of nitrogens with zero attached hydrogens (tertiary/aromatic N) is 1. The fourth-order valence-electron chi connectivity index (χ4n) is 9.33. The first-order chi connectivity index (χ1) is 28.4. The van der Waals surface area contributed by atoms with Gasteiger partial charge in [-0.25, -0.2) is 4.39 Å². The van der Waals surface area contributed by atoms with Crippen molar-refractivity contribution >= 4 is 28.8 Å². The van der Waals surface area contributed by atoms with Crippen LogP contribution in [-0.4, -0.2) is 57.1 Å². The van der Waals surface area contributed by atoms with Gasteiger partial charge in [-0.3, -0.25) is 4.79 Å². The van der Waals surface area contributed by atoms with Crippen LogP contribution in [0.2, 0.25) is 5.02 Å². The normalized spacial score (nSPS) is 25.8. The third-order valence-electron chi connectivity index (χ3n) is 12.2. The van der Waals surface area contributed by atoms with Gasteiger partial charge in [0.1, 0.15) is 11.6 Å². The molecule has 4 aromatic rings. The summed E-state index contributed by atoms with van der Waals surface area (Å²) in [6.45, 7) is 1.67. The molecule has 316 valence electrons. The van der Waals surface area contributed by atoms with E-state index in [0.29, 0.717) is 41.2 Å². The van der Waals surface area contributed by atoms with Crippen LogP contribution >= 0.6 is 11.6 Å². The molecule has 0 unspecified atom stereocenters. The summed E-state index contributed by atoms with van der Waals surface area (Å²) in [6, 6.07) is 27.3. The zero-order valence-corrected chi connectivity index (χ0v) is 34.7. The average molecular weight is 835 g/mol. The minimum Gasteiger partial charge on any atom is -0.378 e. The van der Waals surface area contributed by atoms with Crippen molar-refractivity contribution in [3.63, 3.8) is 0 Å². The van der Waals surface area contributed by atoms with Gasteiger partial charge in [0.05, 0.1) is 47.8 Å². The molecule has 0 saturated carbocycles. The molecular formula is C47H55ClF4N4O3. The number of fused-ring (bicyclic) bond motifs is 6. The van der Waals surface area contributed by atoms with Crippen LogP contribution in [0.3, 0.4) is 0 Å². The van der Waals surface area contributed by atoms with E-state index in [2.05, 4.69) is 33.0 Å². The van der Waals surface area contributed by atoms with E-state index in [0.717, 1.165) is 68.0 Å². The lowest BCUT2D eigenvalue weighted by Gasteiger charge is -2.46. The van der Waals surface area contributed by atoms with E-state index < -0.39 is 17.8 Å². The molecule has 4 aliphatic rings. The molecule has 7 nitrogen and oxygen atoms in total. The predicted octanol–water partition coefficient (Wildman–Crippen LogP) is 11.1. The van der Waals surface area contributed by atoms with E-state index in [1.54, 1.807) is 0 Å². The number of carbonyl (C=O) groups is 1. The van der Waals surface area contributed by atoms with Crippen molar-refractivity contribution < 1.29 is 31.8 Å². The van der Waals surface area contributed by atoms with Gasteiger partial charge in [0.2, 0.25) is 0 Å². The number of carbonyl (C=O) groups excluding carboxylic acids is 1. The molecular weight excluding hydrogens is 780 g/mol. The Morgan fingerprint density at radius 3 is 2.03 bits per heavy atom. The molecule has 0 radical (unpaired) electrons. The third-order valence-corrected chi connectivity index (χ3v) is 12.4. The second kappa shape index (κ2) is 19.1. The SMILES string of the molecule is CN(C)CCCC(=O)CC[C@H]1CC[C@@H]2[C@H](O1)c1cc(C(F)(F)F)ccc1N[C@H]2c1ccccc1.CNC[C@H]1CC[C@@H]2[C@H](O1)c1cc(Cl)cc(F)c1N[C@H]2c1ccccc1. The quantitative estimate of drug-likeness (QED) is 0.130. The molecule has 3 N–H and O–H groups in total. The van der Waals surface area contributed by atoms with Crippen LogP contribution in [0.1, 0.15) is 103 Å². The van der Waals surface area contributed by atoms with Gasteiger partial charge in [-0.05, 0) is 108 Å². The van der Waals surface area contributed by atoms with Crippen LogP contribution in [0.15, 0.2) is 91.0 Å². The van der Waals surface area contributed by atoms with E-state index in [4.69, 9.17) is 21.1 Å². The number of Topliss-reactive ketones (excluding diaryl/α,β-unsaturated/α-hetero) is 1. The first-order valence-corrected chi connectivity index (χ1v) is 21.2. The Bertz CT molecular complexity index is 2020. The van der Waals surface area contributed by atoms with Crippen LogP contribution in [0.25, 0.3) is 0 Å². The van der Waals surface area contributed by atoms with E-state index in [1.165, 1.54) is 18.2 Å². The Balaban J connectivity index is 0.000000187. The number of ether oxygens (including phenoxy) is 2. The molecule has 0 aromatic heterocycles. The highest BCUT2D eigenvalue weighted by Gasteiger charge is 2.45. The zero-order chi connectivity index (χ0) is 41.7. The Hall–Kier alpha value is -4.00. The maximum Gasteiger partial charge on any atom is 0.416 e. The van der Waals surface area contributed by atoms with Crippen molar-refractivity contribution in [3.05, 3.63) is 130 Å². The summed E-state index contributed by atoms with van der Waals surface area (Å²) in [5.74, 6) is 0.173. The number of hydrogen-bond acceptors (Lipinski definition) is 7. The highest BCUT2D eigenvalue weighted by molar-refractivity contribution is 6.30. The van der Waals surface area contributed by atoms with Crippen LogP contribution in [0, 0.1) is 17.7 Å². The molecule has 8 atom stereocenters. The van der Waals surface area contributed by atoms with Gasteiger partial charge in [-0.1, -0.05) is 72.3 Å². The highest BCUT2D eigenvalue weighted by atomic mass is 35.5. The summed E-state index contributed by atoms with van der Waals surface area (Å²) in [7, 11) is 5.90. The van der Waals surface area contributed by atoms with Crippen LogP contribution in [0.5, 0.6) is 0 Å². The van der Waals surface area contributed by atoms with Gasteiger partial charge in [0.15, 0.2) is 0 Å². The summed E-state index contributed by atoms with van der Waals surface area (Å²) in [5.41, 5.74) is 4.20. The van der Waals surface area contributed by atoms with Gasteiger partial charge in [0.25, 0.3) is 0 Å². The Morgan fingerprint density at radius 1 is 0.797 bits per heavy atom. The van der Waals surface area contributed by atoms with E-state index in [-0.39, 0.29) is 53.8 Å². The van der Waals surface area contributed by atoms with Gasteiger partial charge in [-0.2, -0.15) is 13.2 Å². The van der Waals surface area contributed by atoms with Gasteiger partial charge in [0, 0.05) is 53.1 Å². The molecule has 59 heavy (non-hydrogen) atoms. The van der Waals surface area contributed by atoms with E-state index >= 15 is 0 Å². The molecule has 0 aliphatic carbocycles. The number of rotatable bonds is 11. The fourth-order valence-corrected chi connectivity index (χ4v) is 9.54. The predicted molar refractivity (Wildman–Crippen MR) is 225 cm³/mol. The van der Waals surface area contributed by atoms with Crippen molar-refractivity contribution in [1.29, 1.82) is 0 Å². The van der Waals surface area contributed by atoms with Gasteiger partial charge < -0.3 is 30.3 Å². The summed E-state index contributed by atoms with van der Waals surface area (Å²) >= 11 is 6.13. The Labute approximate surface area is 350 Å². The second-order valence-corrected chi connectivity index (χ2v) is 17.0. The Kier molecular flexibility index (Phi) is 14.0. The van der Waals surface area contributed by atoms with Crippen LogP contribution in [-0.2, 0) is 20.4 Å². The van der Waals surface area contributed by atoms with Crippen LogP contribution in [0.4, 0.5) is 28.9 Å². The number of anilines is 2. The number of benzene rings is 4. The smallest absolute Gasteiger partial charge is 0.378 e. The van der Waals surface area contributed by atoms with Gasteiger partial charge >= 0.3 is 6.18 Å². The molecule has 4 aromatic carbocycles. The lowest BCUT2D eigenvalue weighted by atomic mass is 9.76. The maximum atomic E-state index is 14.6. The van der Waals surface area contributed by atoms with Crippen molar-refractivity contribution in [2.75, 3.05) is 44.9 Å².